The summed E-state index contributed by atoms with van der Waals surface area (Å²) in [5.41, 5.74) is 0.909. The van der Waals surface area contributed by atoms with Gasteiger partial charge in [-0.15, -0.1) is 0 Å². The molecule has 1 atom stereocenters. The summed E-state index contributed by atoms with van der Waals surface area (Å²) in [4.78, 5) is 10.6. The topological polar surface area (TPSA) is 26.3 Å². The maximum Gasteiger partial charge on any atom is 0.127 e. The lowest BCUT2D eigenvalue weighted by Crippen LogP contribution is -1.98. The number of carbonyl (C=O) groups is 1. The predicted octanol–water partition coefficient (Wildman–Crippen LogP) is 2.76. The Morgan fingerprint density at radius 3 is 2.77 bits per heavy atom. The van der Waals surface area contributed by atoms with Crippen LogP contribution >= 0.6 is 15.9 Å². The second kappa shape index (κ2) is 4.42. The van der Waals surface area contributed by atoms with Crippen LogP contribution in [0.5, 0.6) is 5.75 Å². The Hall–Kier alpha value is -0.830. The first-order chi connectivity index (χ1) is 6.19. The van der Waals surface area contributed by atoms with E-state index in [0.717, 1.165) is 22.1 Å². The fourth-order valence-electron chi connectivity index (χ4n) is 1.13. The molecule has 0 amide bonds. The maximum absolute atomic E-state index is 10.6. The molecule has 1 unspecified atom stereocenters. The molecule has 0 spiro atoms. The summed E-state index contributed by atoms with van der Waals surface area (Å²) < 4.78 is 6.10. The van der Waals surface area contributed by atoms with Crippen LogP contribution in [0.4, 0.5) is 0 Å². The Balaban J connectivity index is 3.14. The van der Waals surface area contributed by atoms with Gasteiger partial charge in [0, 0.05) is 16.0 Å². The molecule has 2 nitrogen and oxygen atoms in total. The smallest absolute Gasteiger partial charge is 0.127 e. The molecule has 0 aromatic heterocycles. The second-order valence-corrected chi connectivity index (χ2v) is 3.73. The number of carbonyl (C=O) groups excluding carboxylic acids is 1. The van der Waals surface area contributed by atoms with Crippen LogP contribution < -0.4 is 4.74 Å². The highest BCUT2D eigenvalue weighted by atomic mass is 79.9. The number of halogens is 1. The molecule has 0 radical (unpaired) electrons. The van der Waals surface area contributed by atoms with Gasteiger partial charge in [0.15, 0.2) is 0 Å². The van der Waals surface area contributed by atoms with Crippen molar-refractivity contribution in [3.63, 3.8) is 0 Å². The van der Waals surface area contributed by atoms with Crippen LogP contribution in [0.3, 0.4) is 0 Å². The molecule has 1 aromatic carbocycles. The zero-order valence-electron chi connectivity index (χ0n) is 7.58. The summed E-state index contributed by atoms with van der Waals surface area (Å²) in [6.45, 7) is 1.84. The van der Waals surface area contributed by atoms with E-state index in [1.807, 2.05) is 25.1 Å². The molecular formula is C10H11BrO2. The molecule has 0 aliphatic carbocycles. The van der Waals surface area contributed by atoms with Crippen LogP contribution in [0.15, 0.2) is 22.7 Å². The van der Waals surface area contributed by atoms with Crippen molar-refractivity contribution in [2.45, 2.75) is 12.8 Å². The number of rotatable bonds is 3. The van der Waals surface area contributed by atoms with Crippen molar-refractivity contribution in [1.82, 2.24) is 0 Å². The molecule has 1 aromatic rings. The third-order valence-corrected chi connectivity index (χ3v) is 2.38. The van der Waals surface area contributed by atoms with Crippen LogP contribution in [0.25, 0.3) is 0 Å². The maximum atomic E-state index is 10.6. The van der Waals surface area contributed by atoms with Gasteiger partial charge in [-0.05, 0) is 18.2 Å². The van der Waals surface area contributed by atoms with Crippen LogP contribution in [0.2, 0.25) is 0 Å². The fraction of sp³-hybridized carbons (Fsp3) is 0.300. The first kappa shape index (κ1) is 10.3. The van der Waals surface area contributed by atoms with Crippen molar-refractivity contribution in [3.05, 3.63) is 28.2 Å². The summed E-state index contributed by atoms with van der Waals surface area (Å²) in [7, 11) is 1.60. The third-order valence-electron chi connectivity index (χ3n) is 1.89. The number of methoxy groups -OCH3 is 1. The molecule has 0 fully saturated rings. The summed E-state index contributed by atoms with van der Waals surface area (Å²) in [6, 6.07) is 5.64. The van der Waals surface area contributed by atoms with E-state index >= 15 is 0 Å². The van der Waals surface area contributed by atoms with Gasteiger partial charge in [0.1, 0.15) is 12.0 Å². The Kier molecular flexibility index (Phi) is 3.48. The average Bonchev–Trinajstić information content (AvgIpc) is 2.16. The van der Waals surface area contributed by atoms with Crippen LogP contribution in [-0.4, -0.2) is 13.4 Å². The quantitative estimate of drug-likeness (QED) is 0.763. The number of benzene rings is 1. The van der Waals surface area contributed by atoms with E-state index in [1.54, 1.807) is 7.11 Å². The predicted molar refractivity (Wildman–Crippen MR) is 55.2 cm³/mol. The molecule has 0 aliphatic heterocycles. The first-order valence-electron chi connectivity index (χ1n) is 3.97. The minimum absolute atomic E-state index is 0.132. The van der Waals surface area contributed by atoms with E-state index in [4.69, 9.17) is 4.74 Å². The number of hydrogen-bond acceptors (Lipinski definition) is 2. The Bertz CT molecular complexity index is 310. The average molecular weight is 243 g/mol. The van der Waals surface area contributed by atoms with Crippen LogP contribution in [-0.2, 0) is 4.79 Å². The summed E-state index contributed by atoms with van der Waals surface area (Å²) in [5.74, 6) is 0.621. The lowest BCUT2D eigenvalue weighted by Gasteiger charge is -2.10. The van der Waals surface area contributed by atoms with Crippen molar-refractivity contribution in [2.24, 2.45) is 0 Å². The second-order valence-electron chi connectivity index (χ2n) is 2.81. The van der Waals surface area contributed by atoms with E-state index in [1.165, 1.54) is 0 Å². The van der Waals surface area contributed by atoms with E-state index in [2.05, 4.69) is 15.9 Å². The van der Waals surface area contributed by atoms with E-state index in [-0.39, 0.29) is 5.92 Å². The van der Waals surface area contributed by atoms with Gasteiger partial charge in [0.25, 0.3) is 0 Å². The summed E-state index contributed by atoms with van der Waals surface area (Å²) in [5, 5.41) is 0. The van der Waals surface area contributed by atoms with Crippen LogP contribution in [0.1, 0.15) is 18.4 Å². The monoisotopic (exact) mass is 242 g/mol. The molecule has 13 heavy (non-hydrogen) atoms. The highest BCUT2D eigenvalue weighted by Gasteiger charge is 2.10. The van der Waals surface area contributed by atoms with Gasteiger partial charge in [-0.2, -0.15) is 0 Å². The Labute approximate surface area is 86.0 Å². The minimum Gasteiger partial charge on any atom is -0.496 e. The van der Waals surface area contributed by atoms with Crippen molar-refractivity contribution < 1.29 is 9.53 Å². The molecular weight excluding hydrogens is 232 g/mol. The summed E-state index contributed by atoms with van der Waals surface area (Å²) in [6.07, 6.45) is 0.907. The fourth-order valence-corrected chi connectivity index (χ4v) is 1.51. The van der Waals surface area contributed by atoms with Gasteiger partial charge in [0.2, 0.25) is 0 Å². The standard InChI is InChI=1S/C10H11BrO2/c1-7(6-12)9-5-8(11)3-4-10(9)13-2/h3-7H,1-2H3. The highest BCUT2D eigenvalue weighted by molar-refractivity contribution is 9.10. The molecule has 0 N–H and O–H groups in total. The van der Waals surface area contributed by atoms with Gasteiger partial charge < -0.3 is 9.53 Å². The minimum atomic E-state index is -0.132. The zero-order valence-corrected chi connectivity index (χ0v) is 9.17. The molecule has 1 rings (SSSR count). The van der Waals surface area contributed by atoms with Crippen molar-refractivity contribution in [2.75, 3.05) is 7.11 Å². The van der Waals surface area contributed by atoms with Crippen molar-refractivity contribution in [1.29, 1.82) is 0 Å². The highest BCUT2D eigenvalue weighted by Crippen LogP contribution is 2.28. The van der Waals surface area contributed by atoms with Gasteiger partial charge >= 0.3 is 0 Å². The molecule has 3 heteroatoms. The lowest BCUT2D eigenvalue weighted by molar-refractivity contribution is -0.108. The summed E-state index contributed by atoms with van der Waals surface area (Å²) >= 11 is 3.35. The molecule has 70 valence electrons. The van der Waals surface area contributed by atoms with Crippen molar-refractivity contribution >= 4 is 22.2 Å². The number of ether oxygens (including phenoxy) is 1. The van der Waals surface area contributed by atoms with Crippen molar-refractivity contribution in [3.8, 4) is 5.75 Å². The Morgan fingerprint density at radius 1 is 1.54 bits per heavy atom. The first-order valence-corrected chi connectivity index (χ1v) is 4.77. The van der Waals surface area contributed by atoms with Gasteiger partial charge in [-0.3, -0.25) is 0 Å². The van der Waals surface area contributed by atoms with Gasteiger partial charge in [0.05, 0.1) is 7.11 Å². The molecule has 0 saturated carbocycles. The number of aldehydes is 1. The molecule has 0 saturated heterocycles. The zero-order chi connectivity index (χ0) is 9.84. The molecule has 0 heterocycles. The van der Waals surface area contributed by atoms with E-state index < -0.39 is 0 Å². The molecule has 0 aliphatic rings. The molecule has 0 bridgehead atoms. The number of hydrogen-bond donors (Lipinski definition) is 0. The van der Waals surface area contributed by atoms with E-state index in [0.29, 0.717) is 0 Å². The Morgan fingerprint density at radius 2 is 2.23 bits per heavy atom. The lowest BCUT2D eigenvalue weighted by atomic mass is 10.0. The normalized spacial score (nSPS) is 12.2. The third kappa shape index (κ3) is 2.31. The SMILES string of the molecule is COc1ccc(Br)cc1C(C)C=O. The largest absolute Gasteiger partial charge is 0.496 e. The van der Waals surface area contributed by atoms with Gasteiger partial charge in [-0.1, -0.05) is 22.9 Å². The van der Waals surface area contributed by atoms with Gasteiger partial charge in [-0.25, -0.2) is 0 Å². The van der Waals surface area contributed by atoms with Crippen LogP contribution in [0, 0.1) is 0 Å². The van der Waals surface area contributed by atoms with E-state index in [9.17, 15) is 4.79 Å².